The second-order valence-electron chi connectivity index (χ2n) is 8.36. The van der Waals surface area contributed by atoms with Crippen molar-refractivity contribution in [3.05, 3.63) is 94.8 Å². The molecular formula is C25H21F4N5. The monoisotopic (exact) mass is 467 g/mol. The van der Waals surface area contributed by atoms with E-state index in [4.69, 9.17) is 0 Å². The summed E-state index contributed by atoms with van der Waals surface area (Å²) in [7, 11) is 0. The predicted molar refractivity (Wildman–Crippen MR) is 119 cm³/mol. The second-order valence-corrected chi connectivity index (χ2v) is 8.36. The molecule has 0 saturated carbocycles. The van der Waals surface area contributed by atoms with Gasteiger partial charge in [-0.2, -0.15) is 18.3 Å². The van der Waals surface area contributed by atoms with Crippen molar-refractivity contribution in [3.63, 3.8) is 0 Å². The van der Waals surface area contributed by atoms with Crippen LogP contribution in [0.1, 0.15) is 28.1 Å². The van der Waals surface area contributed by atoms with Gasteiger partial charge in [-0.3, -0.25) is 4.90 Å². The van der Waals surface area contributed by atoms with Gasteiger partial charge in [-0.05, 0) is 43.3 Å². The van der Waals surface area contributed by atoms with Crippen molar-refractivity contribution in [3.8, 4) is 17.1 Å². The molecule has 0 atom stereocenters. The number of benzene rings is 2. The highest BCUT2D eigenvalue weighted by Crippen LogP contribution is 2.31. The minimum atomic E-state index is -4.37. The maximum Gasteiger partial charge on any atom is 0.416 e. The van der Waals surface area contributed by atoms with Crippen LogP contribution in [0, 0.1) is 12.7 Å². The number of fused-ring (bicyclic) bond motifs is 1. The van der Waals surface area contributed by atoms with E-state index in [0.29, 0.717) is 24.5 Å². The Morgan fingerprint density at radius 1 is 1.00 bits per heavy atom. The molecule has 3 heterocycles. The van der Waals surface area contributed by atoms with Gasteiger partial charge >= 0.3 is 6.18 Å². The lowest BCUT2D eigenvalue weighted by molar-refractivity contribution is -0.137. The van der Waals surface area contributed by atoms with E-state index in [1.165, 1.54) is 24.3 Å². The van der Waals surface area contributed by atoms with Crippen molar-refractivity contribution in [2.75, 3.05) is 6.54 Å². The summed E-state index contributed by atoms with van der Waals surface area (Å²) in [5.41, 5.74) is 4.57. The molecule has 0 radical (unpaired) electrons. The summed E-state index contributed by atoms with van der Waals surface area (Å²) in [6, 6.07) is 11.1. The number of nitrogens with zero attached hydrogens (tertiary/aromatic N) is 5. The summed E-state index contributed by atoms with van der Waals surface area (Å²) in [6.07, 6.45) is 0.0712. The zero-order chi connectivity index (χ0) is 23.9. The standard InChI is InChI=1S/C25H21F4N5/c1-16-19(15-34(32-16)22-8-6-21(26)7-9-22)14-33-11-10-23-18(13-33)12-30-24(31-23)17-2-4-20(5-3-17)25(27,28)29/h2-9,12,15H,10-11,13-14H2,1H3. The molecule has 34 heavy (non-hydrogen) atoms. The molecule has 5 nitrogen and oxygen atoms in total. The first kappa shape index (κ1) is 22.2. The normalized spacial score (nSPS) is 14.3. The molecule has 0 aliphatic carbocycles. The lowest BCUT2D eigenvalue weighted by Crippen LogP contribution is -2.31. The molecular weight excluding hydrogens is 446 g/mol. The third-order valence-corrected chi connectivity index (χ3v) is 5.97. The summed E-state index contributed by atoms with van der Waals surface area (Å²) < 4.78 is 53.4. The fourth-order valence-corrected chi connectivity index (χ4v) is 4.07. The summed E-state index contributed by atoms with van der Waals surface area (Å²) in [6.45, 7) is 4.11. The van der Waals surface area contributed by atoms with Gasteiger partial charge in [-0.1, -0.05) is 12.1 Å². The Kier molecular flexibility index (Phi) is 5.65. The average molecular weight is 467 g/mol. The van der Waals surface area contributed by atoms with E-state index in [1.54, 1.807) is 23.0 Å². The maximum atomic E-state index is 13.2. The van der Waals surface area contributed by atoms with Gasteiger partial charge in [0, 0.05) is 55.1 Å². The minimum Gasteiger partial charge on any atom is -0.294 e. The number of halogens is 4. The summed E-state index contributed by atoms with van der Waals surface area (Å²) >= 11 is 0. The third-order valence-electron chi connectivity index (χ3n) is 5.97. The number of alkyl halides is 3. The van der Waals surface area contributed by atoms with Crippen molar-refractivity contribution in [2.45, 2.75) is 32.6 Å². The van der Waals surface area contributed by atoms with Crippen LogP contribution < -0.4 is 0 Å². The Labute approximate surface area is 193 Å². The summed E-state index contributed by atoms with van der Waals surface area (Å²) in [5, 5.41) is 4.56. The van der Waals surface area contributed by atoms with Gasteiger partial charge in [0.1, 0.15) is 5.82 Å². The Bertz CT molecular complexity index is 1310. The van der Waals surface area contributed by atoms with Crippen LogP contribution in [0.3, 0.4) is 0 Å². The highest BCUT2D eigenvalue weighted by molar-refractivity contribution is 5.56. The number of aromatic nitrogens is 4. The van der Waals surface area contributed by atoms with Gasteiger partial charge in [0.15, 0.2) is 5.82 Å². The summed E-state index contributed by atoms with van der Waals surface area (Å²) in [5.74, 6) is 0.140. The van der Waals surface area contributed by atoms with E-state index < -0.39 is 11.7 Å². The van der Waals surface area contributed by atoms with E-state index >= 15 is 0 Å². The topological polar surface area (TPSA) is 46.8 Å². The Morgan fingerprint density at radius 2 is 1.74 bits per heavy atom. The fraction of sp³-hybridized carbons (Fsp3) is 0.240. The average Bonchev–Trinajstić information content (AvgIpc) is 3.18. The zero-order valence-electron chi connectivity index (χ0n) is 18.3. The first-order valence-corrected chi connectivity index (χ1v) is 10.8. The SMILES string of the molecule is Cc1nn(-c2ccc(F)cc2)cc1CN1CCc2nc(-c3ccc(C(F)(F)F)cc3)ncc2C1. The van der Waals surface area contributed by atoms with Crippen LogP contribution in [0.15, 0.2) is 60.9 Å². The molecule has 0 spiro atoms. The van der Waals surface area contributed by atoms with Crippen LogP contribution >= 0.6 is 0 Å². The van der Waals surface area contributed by atoms with Gasteiger partial charge in [0.2, 0.25) is 0 Å². The Balaban J connectivity index is 1.29. The lowest BCUT2D eigenvalue weighted by Gasteiger charge is -2.27. The molecule has 0 bridgehead atoms. The van der Waals surface area contributed by atoms with Crippen molar-refractivity contribution in [1.82, 2.24) is 24.6 Å². The van der Waals surface area contributed by atoms with Gasteiger partial charge < -0.3 is 0 Å². The number of aryl methyl sites for hydroxylation is 1. The quantitative estimate of drug-likeness (QED) is 0.380. The fourth-order valence-electron chi connectivity index (χ4n) is 4.07. The maximum absolute atomic E-state index is 13.2. The third kappa shape index (κ3) is 4.56. The predicted octanol–water partition coefficient (Wildman–Crippen LogP) is 5.35. The van der Waals surface area contributed by atoms with Gasteiger partial charge in [-0.15, -0.1) is 0 Å². The molecule has 0 fully saturated rings. The molecule has 1 aliphatic heterocycles. The van der Waals surface area contributed by atoms with Crippen molar-refractivity contribution in [1.29, 1.82) is 0 Å². The smallest absolute Gasteiger partial charge is 0.294 e. The molecule has 0 amide bonds. The number of hydrogen-bond donors (Lipinski definition) is 0. The molecule has 0 unspecified atom stereocenters. The van der Waals surface area contributed by atoms with Crippen LogP contribution in [0.2, 0.25) is 0 Å². The van der Waals surface area contributed by atoms with Gasteiger partial charge in [-0.25, -0.2) is 19.0 Å². The minimum absolute atomic E-state index is 0.288. The van der Waals surface area contributed by atoms with Crippen LogP contribution in [0.5, 0.6) is 0 Å². The molecule has 2 aromatic heterocycles. The van der Waals surface area contributed by atoms with Crippen LogP contribution in [-0.2, 0) is 25.7 Å². The van der Waals surface area contributed by atoms with Crippen molar-refractivity contribution in [2.24, 2.45) is 0 Å². The molecule has 2 aromatic carbocycles. The van der Waals surface area contributed by atoms with Gasteiger partial charge in [0.25, 0.3) is 0 Å². The van der Waals surface area contributed by atoms with E-state index in [-0.39, 0.29) is 5.82 Å². The van der Waals surface area contributed by atoms with E-state index in [1.807, 2.05) is 13.1 Å². The first-order chi connectivity index (χ1) is 16.3. The zero-order valence-corrected chi connectivity index (χ0v) is 18.3. The van der Waals surface area contributed by atoms with E-state index in [0.717, 1.165) is 53.3 Å². The molecule has 1 aliphatic rings. The van der Waals surface area contributed by atoms with Crippen molar-refractivity contribution >= 4 is 0 Å². The largest absolute Gasteiger partial charge is 0.416 e. The van der Waals surface area contributed by atoms with Gasteiger partial charge in [0.05, 0.1) is 22.6 Å². The first-order valence-electron chi connectivity index (χ1n) is 10.8. The van der Waals surface area contributed by atoms with Crippen LogP contribution in [0.4, 0.5) is 17.6 Å². The number of rotatable bonds is 4. The Morgan fingerprint density at radius 3 is 2.44 bits per heavy atom. The number of hydrogen-bond acceptors (Lipinski definition) is 4. The van der Waals surface area contributed by atoms with Crippen LogP contribution in [0.25, 0.3) is 17.1 Å². The van der Waals surface area contributed by atoms with Crippen LogP contribution in [-0.4, -0.2) is 31.2 Å². The highest BCUT2D eigenvalue weighted by Gasteiger charge is 2.30. The molecule has 5 rings (SSSR count). The lowest BCUT2D eigenvalue weighted by atomic mass is 10.1. The second kappa shape index (κ2) is 8.64. The molecule has 0 saturated heterocycles. The highest BCUT2D eigenvalue weighted by atomic mass is 19.4. The van der Waals surface area contributed by atoms with Crippen molar-refractivity contribution < 1.29 is 17.6 Å². The molecule has 0 N–H and O–H groups in total. The molecule has 4 aromatic rings. The van der Waals surface area contributed by atoms with E-state index in [2.05, 4.69) is 20.0 Å². The molecule has 9 heteroatoms. The molecule has 174 valence electrons. The Hall–Kier alpha value is -3.59. The van der Waals surface area contributed by atoms with E-state index in [9.17, 15) is 17.6 Å². The summed E-state index contributed by atoms with van der Waals surface area (Å²) in [4.78, 5) is 11.3.